The zero-order valence-electron chi connectivity index (χ0n) is 25.0. The molecule has 214 valence electrons. The number of rotatable bonds is 3. The van der Waals surface area contributed by atoms with E-state index in [1.807, 2.05) is 39.0 Å². The number of likely N-dealkylation sites (tertiary alicyclic amines) is 1. The molecule has 3 aliphatic rings. The van der Waals surface area contributed by atoms with Crippen LogP contribution in [-0.2, 0) is 17.6 Å². The monoisotopic (exact) mass is 553 g/mol. The van der Waals surface area contributed by atoms with Gasteiger partial charge in [-0.2, -0.15) is 5.26 Å². The minimum atomic E-state index is -0.515. The van der Waals surface area contributed by atoms with E-state index in [2.05, 4.69) is 36.9 Å². The van der Waals surface area contributed by atoms with Crippen molar-refractivity contribution in [2.45, 2.75) is 65.9 Å². The number of benzene rings is 1. The molecule has 2 aliphatic heterocycles. The summed E-state index contributed by atoms with van der Waals surface area (Å²) in [5, 5.41) is 12.7. The Morgan fingerprint density at radius 1 is 1.10 bits per heavy atom. The van der Waals surface area contributed by atoms with Crippen molar-refractivity contribution >= 4 is 22.7 Å². The van der Waals surface area contributed by atoms with Crippen molar-refractivity contribution in [3.63, 3.8) is 0 Å². The van der Waals surface area contributed by atoms with Gasteiger partial charge in [-0.25, -0.2) is 14.8 Å². The normalized spacial score (nSPS) is 19.0. The zero-order valence-corrected chi connectivity index (χ0v) is 25.0. The molecule has 1 aromatic carbocycles. The van der Waals surface area contributed by atoms with Crippen molar-refractivity contribution < 1.29 is 14.3 Å². The molecule has 8 nitrogen and oxygen atoms in total. The second-order valence-electron chi connectivity index (χ2n) is 13.8. The van der Waals surface area contributed by atoms with Crippen LogP contribution >= 0.6 is 0 Å². The summed E-state index contributed by atoms with van der Waals surface area (Å²) >= 11 is 0. The number of ether oxygens (including phenoxy) is 2. The molecule has 0 saturated carbocycles. The van der Waals surface area contributed by atoms with Gasteiger partial charge < -0.3 is 19.3 Å². The molecule has 0 N–H and O–H groups in total. The first-order chi connectivity index (χ1) is 19.4. The fourth-order valence-corrected chi connectivity index (χ4v) is 6.74. The van der Waals surface area contributed by atoms with E-state index in [1.54, 1.807) is 12.0 Å². The molecule has 6 rings (SSSR count). The number of anilines is 1. The van der Waals surface area contributed by atoms with Crippen LogP contribution in [0.3, 0.4) is 0 Å². The number of pyridine rings is 2. The molecule has 4 heterocycles. The van der Waals surface area contributed by atoms with Gasteiger partial charge in [-0.15, -0.1) is 0 Å². The molecule has 8 heteroatoms. The molecular weight excluding hydrogens is 514 g/mol. The van der Waals surface area contributed by atoms with Gasteiger partial charge in [-0.3, -0.25) is 0 Å². The van der Waals surface area contributed by atoms with Gasteiger partial charge in [0.15, 0.2) is 0 Å². The number of carbonyl (C=O) groups is 1. The minimum absolute atomic E-state index is 0.0123. The van der Waals surface area contributed by atoms with Crippen LogP contribution in [0.1, 0.15) is 64.3 Å². The van der Waals surface area contributed by atoms with E-state index in [4.69, 9.17) is 19.4 Å². The van der Waals surface area contributed by atoms with Gasteiger partial charge in [0.05, 0.1) is 12.8 Å². The molecule has 1 aliphatic carbocycles. The first-order valence-electron chi connectivity index (χ1n) is 14.5. The lowest BCUT2D eigenvalue weighted by atomic mass is 9.74. The quantitative estimate of drug-likeness (QED) is 0.385. The Morgan fingerprint density at radius 2 is 1.85 bits per heavy atom. The standard InChI is InChI=1S/C33H39N5O3/c1-31(2,3)41-30(39)38-19-33(20-38)13-14-37(18-33)29-24(17-34)27(23-11-12-32(4,5)16-25(23)35-29)28-22-10-8-7-9-21(22)15-26(36-28)40-6/h7-10,15H,11-14,16,18-20H2,1-6H3. The van der Waals surface area contributed by atoms with Gasteiger partial charge in [0, 0.05) is 54.3 Å². The van der Waals surface area contributed by atoms with Gasteiger partial charge >= 0.3 is 6.09 Å². The van der Waals surface area contributed by atoms with Gasteiger partial charge in [-0.05, 0) is 62.8 Å². The molecule has 0 atom stereocenters. The summed E-state index contributed by atoms with van der Waals surface area (Å²) in [6.07, 6.45) is 3.40. The van der Waals surface area contributed by atoms with E-state index in [9.17, 15) is 10.1 Å². The van der Waals surface area contributed by atoms with Gasteiger partial charge in [0.2, 0.25) is 5.88 Å². The largest absolute Gasteiger partial charge is 0.481 e. The van der Waals surface area contributed by atoms with Crippen LogP contribution < -0.4 is 9.64 Å². The third-order valence-electron chi connectivity index (χ3n) is 8.78. The van der Waals surface area contributed by atoms with Crippen LogP contribution in [0.2, 0.25) is 0 Å². The Balaban J connectivity index is 1.43. The number of hydrogen-bond acceptors (Lipinski definition) is 7. The molecule has 1 spiro atoms. The van der Waals surface area contributed by atoms with Crippen LogP contribution in [0.25, 0.3) is 22.0 Å². The highest BCUT2D eigenvalue weighted by molar-refractivity contribution is 5.98. The number of carbonyl (C=O) groups excluding carboxylic acids is 1. The van der Waals surface area contributed by atoms with Gasteiger partial charge in [-0.1, -0.05) is 38.1 Å². The minimum Gasteiger partial charge on any atom is -0.481 e. The van der Waals surface area contributed by atoms with E-state index >= 15 is 0 Å². The molecule has 2 aromatic heterocycles. The number of nitriles is 1. The number of methoxy groups -OCH3 is 1. The maximum absolute atomic E-state index is 12.6. The van der Waals surface area contributed by atoms with Gasteiger partial charge in [0.25, 0.3) is 0 Å². The van der Waals surface area contributed by atoms with Crippen molar-refractivity contribution in [3.05, 3.63) is 47.2 Å². The molecule has 0 bridgehead atoms. The van der Waals surface area contributed by atoms with Crippen LogP contribution in [-0.4, -0.2) is 59.9 Å². The summed E-state index contributed by atoms with van der Waals surface area (Å²) < 4.78 is 11.2. The van der Waals surface area contributed by atoms with Crippen molar-refractivity contribution in [2.75, 3.05) is 38.2 Å². The van der Waals surface area contributed by atoms with Crippen LogP contribution in [0, 0.1) is 22.2 Å². The molecule has 41 heavy (non-hydrogen) atoms. The molecule has 2 saturated heterocycles. The average Bonchev–Trinajstić information content (AvgIpc) is 3.35. The Labute approximate surface area is 242 Å². The summed E-state index contributed by atoms with van der Waals surface area (Å²) in [6, 6.07) is 12.7. The van der Waals surface area contributed by atoms with Crippen molar-refractivity contribution in [2.24, 2.45) is 10.8 Å². The smallest absolute Gasteiger partial charge is 0.410 e. The highest BCUT2D eigenvalue weighted by atomic mass is 16.6. The highest BCUT2D eigenvalue weighted by Crippen LogP contribution is 2.47. The predicted octanol–water partition coefficient (Wildman–Crippen LogP) is 6.14. The lowest BCUT2D eigenvalue weighted by molar-refractivity contribution is -0.0266. The summed E-state index contributed by atoms with van der Waals surface area (Å²) in [5.41, 5.74) is 4.04. The molecule has 0 unspecified atom stereocenters. The van der Waals surface area contributed by atoms with Crippen molar-refractivity contribution in [1.29, 1.82) is 5.26 Å². The number of aromatic nitrogens is 2. The molecule has 3 aromatic rings. The van der Waals surface area contributed by atoms with Gasteiger partial charge in [0.1, 0.15) is 23.1 Å². The Morgan fingerprint density at radius 3 is 2.56 bits per heavy atom. The van der Waals surface area contributed by atoms with Crippen molar-refractivity contribution in [3.8, 4) is 23.2 Å². The summed E-state index contributed by atoms with van der Waals surface area (Å²) in [4.78, 5) is 26.9. The average molecular weight is 554 g/mol. The summed E-state index contributed by atoms with van der Waals surface area (Å²) in [7, 11) is 1.63. The summed E-state index contributed by atoms with van der Waals surface area (Å²) in [5.74, 6) is 1.27. The maximum atomic E-state index is 12.6. The maximum Gasteiger partial charge on any atom is 0.410 e. The van der Waals surface area contributed by atoms with Crippen LogP contribution in [0.4, 0.5) is 10.6 Å². The third kappa shape index (κ3) is 4.96. The van der Waals surface area contributed by atoms with E-state index in [0.717, 1.165) is 77.9 Å². The van der Waals surface area contributed by atoms with E-state index in [0.29, 0.717) is 24.5 Å². The van der Waals surface area contributed by atoms with E-state index in [-0.39, 0.29) is 16.9 Å². The first kappa shape index (κ1) is 27.3. The number of nitrogens with zero attached hydrogens (tertiary/aromatic N) is 5. The first-order valence-corrected chi connectivity index (χ1v) is 14.5. The van der Waals surface area contributed by atoms with E-state index in [1.165, 1.54) is 0 Å². The Kier molecular flexibility index (Phi) is 6.40. The summed E-state index contributed by atoms with van der Waals surface area (Å²) in [6.45, 7) is 13.1. The number of fused-ring (bicyclic) bond motifs is 2. The van der Waals surface area contributed by atoms with Crippen LogP contribution in [0.5, 0.6) is 5.88 Å². The Hall–Kier alpha value is -3.86. The topological polar surface area (TPSA) is 91.6 Å². The molecule has 0 radical (unpaired) electrons. The van der Waals surface area contributed by atoms with Crippen LogP contribution in [0.15, 0.2) is 30.3 Å². The highest BCUT2D eigenvalue weighted by Gasteiger charge is 2.51. The number of amides is 1. The number of hydrogen-bond donors (Lipinski definition) is 0. The van der Waals surface area contributed by atoms with E-state index < -0.39 is 5.60 Å². The lowest BCUT2D eigenvalue weighted by Gasteiger charge is -2.47. The lowest BCUT2D eigenvalue weighted by Crippen LogP contribution is -2.60. The zero-order chi connectivity index (χ0) is 29.2. The van der Waals surface area contributed by atoms with Crippen molar-refractivity contribution in [1.82, 2.24) is 14.9 Å². The second-order valence-corrected chi connectivity index (χ2v) is 13.8. The fourth-order valence-electron chi connectivity index (χ4n) is 6.74. The fraction of sp³-hybridized carbons (Fsp3) is 0.515. The molecular formula is C33H39N5O3. The molecule has 1 amide bonds. The predicted molar refractivity (Wildman–Crippen MR) is 159 cm³/mol. The third-order valence-corrected chi connectivity index (χ3v) is 8.78. The Bertz CT molecular complexity index is 1580. The SMILES string of the molecule is COc1cc2ccccc2c(-c2c(C#N)c(N3CCC4(CN(C(=O)OC(C)(C)C)C4)C3)nc3c2CCC(C)(C)C3)n1. The molecule has 2 fully saturated rings. The second kappa shape index (κ2) is 9.61.